The van der Waals surface area contributed by atoms with Crippen molar-refractivity contribution in [3.05, 3.63) is 46.6 Å². The van der Waals surface area contributed by atoms with Crippen LogP contribution in [-0.2, 0) is 4.74 Å². The van der Waals surface area contributed by atoms with Gasteiger partial charge in [-0.2, -0.15) is 4.98 Å². The van der Waals surface area contributed by atoms with E-state index in [1.807, 2.05) is 30.3 Å². The molecule has 0 spiro atoms. The van der Waals surface area contributed by atoms with Gasteiger partial charge in [0.25, 0.3) is 0 Å². The molecule has 0 radical (unpaired) electrons. The number of nitrogens with zero attached hydrogens (tertiary/aromatic N) is 3. The molecule has 120 valence electrons. The highest BCUT2D eigenvalue weighted by molar-refractivity contribution is 5.60. The van der Waals surface area contributed by atoms with Crippen LogP contribution in [-0.4, -0.2) is 34.1 Å². The topological polar surface area (TPSA) is 102 Å². The lowest BCUT2D eigenvalue weighted by Crippen LogP contribution is -2.28. The van der Waals surface area contributed by atoms with E-state index in [4.69, 9.17) is 4.74 Å². The fraction of sp³-hybridized carbons (Fsp3) is 0.333. The van der Waals surface area contributed by atoms with E-state index >= 15 is 0 Å². The Kier molecular flexibility index (Phi) is 4.62. The zero-order chi connectivity index (χ0) is 16.1. The van der Waals surface area contributed by atoms with Gasteiger partial charge in [0.05, 0.1) is 4.92 Å². The number of nitro groups is 1. The molecule has 8 nitrogen and oxygen atoms in total. The van der Waals surface area contributed by atoms with E-state index in [0.29, 0.717) is 19.2 Å². The Hall–Kier alpha value is -2.74. The molecule has 1 aromatic carbocycles. The van der Waals surface area contributed by atoms with Crippen molar-refractivity contribution < 1.29 is 9.66 Å². The van der Waals surface area contributed by atoms with E-state index in [1.165, 1.54) is 6.20 Å². The summed E-state index contributed by atoms with van der Waals surface area (Å²) < 4.78 is 5.30. The summed E-state index contributed by atoms with van der Waals surface area (Å²) >= 11 is 0. The van der Waals surface area contributed by atoms with Crippen molar-refractivity contribution in [2.45, 2.75) is 18.9 Å². The van der Waals surface area contributed by atoms with Crippen molar-refractivity contribution in [3.8, 4) is 0 Å². The van der Waals surface area contributed by atoms with Crippen LogP contribution >= 0.6 is 0 Å². The average Bonchev–Trinajstić information content (AvgIpc) is 2.57. The Bertz CT molecular complexity index is 674. The molecule has 0 saturated carbocycles. The Labute approximate surface area is 133 Å². The van der Waals surface area contributed by atoms with Gasteiger partial charge >= 0.3 is 5.69 Å². The summed E-state index contributed by atoms with van der Waals surface area (Å²) in [5, 5.41) is 17.4. The van der Waals surface area contributed by atoms with E-state index in [-0.39, 0.29) is 17.5 Å². The third-order valence-electron chi connectivity index (χ3n) is 3.56. The summed E-state index contributed by atoms with van der Waals surface area (Å²) in [6, 6.07) is 9.53. The molecular weight excluding hydrogens is 298 g/mol. The molecule has 23 heavy (non-hydrogen) atoms. The van der Waals surface area contributed by atoms with Crippen LogP contribution in [0.4, 0.5) is 23.1 Å². The van der Waals surface area contributed by atoms with Gasteiger partial charge in [-0.25, -0.2) is 4.98 Å². The zero-order valence-corrected chi connectivity index (χ0v) is 12.4. The molecule has 0 amide bonds. The van der Waals surface area contributed by atoms with Crippen LogP contribution in [0.15, 0.2) is 36.5 Å². The second-order valence-electron chi connectivity index (χ2n) is 5.21. The van der Waals surface area contributed by atoms with Gasteiger partial charge in [0, 0.05) is 24.9 Å². The fourth-order valence-corrected chi connectivity index (χ4v) is 2.36. The standard InChI is InChI=1S/C15H17N5O3/c21-20(22)13-10-16-15(18-11-4-2-1-3-5-11)19-14(13)17-12-6-8-23-9-7-12/h1-5,10,12H,6-9H2,(H2,16,17,18,19). The van der Waals surface area contributed by atoms with E-state index in [2.05, 4.69) is 20.6 Å². The Balaban J connectivity index is 1.82. The Morgan fingerprint density at radius 3 is 2.65 bits per heavy atom. The lowest BCUT2D eigenvalue weighted by Gasteiger charge is -2.23. The van der Waals surface area contributed by atoms with Crippen molar-refractivity contribution in [1.29, 1.82) is 0 Å². The van der Waals surface area contributed by atoms with E-state index < -0.39 is 4.92 Å². The number of aromatic nitrogens is 2. The second-order valence-corrected chi connectivity index (χ2v) is 5.21. The minimum atomic E-state index is -0.478. The van der Waals surface area contributed by atoms with Gasteiger partial charge in [-0.3, -0.25) is 10.1 Å². The Morgan fingerprint density at radius 1 is 1.22 bits per heavy atom. The van der Waals surface area contributed by atoms with Crippen LogP contribution in [0.2, 0.25) is 0 Å². The summed E-state index contributed by atoms with van der Waals surface area (Å²) in [5.74, 6) is 0.548. The molecule has 2 aromatic rings. The lowest BCUT2D eigenvalue weighted by molar-refractivity contribution is -0.384. The minimum Gasteiger partial charge on any atom is -0.381 e. The quantitative estimate of drug-likeness (QED) is 0.646. The summed E-state index contributed by atoms with van der Waals surface area (Å²) in [7, 11) is 0. The highest BCUT2D eigenvalue weighted by Crippen LogP contribution is 2.25. The van der Waals surface area contributed by atoms with E-state index in [1.54, 1.807) is 0 Å². The molecule has 1 saturated heterocycles. The monoisotopic (exact) mass is 315 g/mol. The molecule has 0 bridgehead atoms. The number of benzene rings is 1. The molecular formula is C15H17N5O3. The van der Waals surface area contributed by atoms with Crippen LogP contribution in [0.5, 0.6) is 0 Å². The summed E-state index contributed by atoms with van der Waals surface area (Å²) in [5.41, 5.74) is 0.688. The third kappa shape index (κ3) is 3.92. The van der Waals surface area contributed by atoms with E-state index in [0.717, 1.165) is 18.5 Å². The first-order valence-corrected chi connectivity index (χ1v) is 7.40. The summed E-state index contributed by atoms with van der Waals surface area (Å²) in [6.07, 6.45) is 2.81. The maximum Gasteiger partial charge on any atom is 0.329 e. The molecule has 8 heteroatoms. The highest BCUT2D eigenvalue weighted by atomic mass is 16.6. The number of ether oxygens (including phenoxy) is 1. The van der Waals surface area contributed by atoms with Gasteiger partial charge in [0.1, 0.15) is 6.20 Å². The lowest BCUT2D eigenvalue weighted by atomic mass is 10.1. The van der Waals surface area contributed by atoms with Crippen LogP contribution in [0.25, 0.3) is 0 Å². The number of hydrogen-bond donors (Lipinski definition) is 2. The molecule has 0 unspecified atom stereocenters. The number of nitrogens with one attached hydrogen (secondary N) is 2. The van der Waals surface area contributed by atoms with Crippen molar-refractivity contribution >= 4 is 23.1 Å². The second kappa shape index (κ2) is 7.01. The molecule has 2 N–H and O–H groups in total. The molecule has 1 aliphatic rings. The zero-order valence-electron chi connectivity index (χ0n) is 12.4. The summed E-state index contributed by atoms with van der Waals surface area (Å²) in [4.78, 5) is 19.0. The normalized spacial score (nSPS) is 15.1. The smallest absolute Gasteiger partial charge is 0.329 e. The number of para-hydroxylation sites is 1. The van der Waals surface area contributed by atoms with Gasteiger partial charge in [0.2, 0.25) is 11.8 Å². The molecule has 1 aromatic heterocycles. The fourth-order valence-electron chi connectivity index (χ4n) is 2.36. The highest BCUT2D eigenvalue weighted by Gasteiger charge is 2.22. The molecule has 3 rings (SSSR count). The van der Waals surface area contributed by atoms with Gasteiger partial charge in [-0.1, -0.05) is 18.2 Å². The first-order valence-electron chi connectivity index (χ1n) is 7.40. The molecule has 1 fully saturated rings. The van der Waals surface area contributed by atoms with Gasteiger partial charge in [-0.15, -0.1) is 0 Å². The SMILES string of the molecule is O=[N+]([O-])c1cnc(Nc2ccccc2)nc1NC1CCOCC1. The van der Waals surface area contributed by atoms with Crippen molar-refractivity contribution in [3.63, 3.8) is 0 Å². The molecule has 1 aliphatic heterocycles. The number of anilines is 3. The van der Waals surface area contributed by atoms with Crippen LogP contribution < -0.4 is 10.6 Å². The van der Waals surface area contributed by atoms with Crippen LogP contribution in [0, 0.1) is 10.1 Å². The largest absolute Gasteiger partial charge is 0.381 e. The Morgan fingerprint density at radius 2 is 1.96 bits per heavy atom. The van der Waals surface area contributed by atoms with Crippen molar-refractivity contribution in [2.75, 3.05) is 23.8 Å². The predicted molar refractivity (Wildman–Crippen MR) is 85.9 cm³/mol. The van der Waals surface area contributed by atoms with Crippen LogP contribution in [0.3, 0.4) is 0 Å². The third-order valence-corrected chi connectivity index (χ3v) is 3.56. The maximum atomic E-state index is 11.2. The first-order chi connectivity index (χ1) is 11.2. The predicted octanol–water partition coefficient (Wildman–Crippen LogP) is 2.72. The molecule has 0 aliphatic carbocycles. The average molecular weight is 315 g/mol. The first kappa shape index (κ1) is 15.2. The molecule has 2 heterocycles. The van der Waals surface area contributed by atoms with Crippen LogP contribution in [0.1, 0.15) is 12.8 Å². The summed E-state index contributed by atoms with van der Waals surface area (Å²) in [6.45, 7) is 1.29. The van der Waals surface area contributed by atoms with E-state index in [9.17, 15) is 10.1 Å². The maximum absolute atomic E-state index is 11.2. The van der Waals surface area contributed by atoms with Gasteiger partial charge in [0.15, 0.2) is 0 Å². The van der Waals surface area contributed by atoms with Gasteiger partial charge in [-0.05, 0) is 25.0 Å². The van der Waals surface area contributed by atoms with Crippen molar-refractivity contribution in [1.82, 2.24) is 9.97 Å². The number of hydrogen-bond acceptors (Lipinski definition) is 7. The van der Waals surface area contributed by atoms with Gasteiger partial charge < -0.3 is 15.4 Å². The number of rotatable bonds is 5. The minimum absolute atomic E-state index is 0.113. The van der Waals surface area contributed by atoms with Crippen molar-refractivity contribution in [2.24, 2.45) is 0 Å². The molecule has 0 atom stereocenters.